The minimum atomic E-state index is -1.42. The minimum absolute atomic E-state index is 0.0745. The molecule has 0 spiro atoms. The average Bonchev–Trinajstić information content (AvgIpc) is 3.20. The minimum Gasteiger partial charge on any atom is -0.496 e. The predicted octanol–water partition coefficient (Wildman–Crippen LogP) is 4.70. The van der Waals surface area contributed by atoms with Gasteiger partial charge in [0.2, 0.25) is 0 Å². The van der Waals surface area contributed by atoms with E-state index in [1.807, 2.05) is 19.1 Å². The Hall–Kier alpha value is -3.01. The van der Waals surface area contributed by atoms with Gasteiger partial charge in [-0.3, -0.25) is 4.79 Å². The van der Waals surface area contributed by atoms with Gasteiger partial charge in [-0.15, -0.1) is 0 Å². The summed E-state index contributed by atoms with van der Waals surface area (Å²) in [5.41, 5.74) is 7.99. The number of aliphatic hydroxyl groups excluding tert-OH is 1. The first-order valence-corrected chi connectivity index (χ1v) is 12.7. The fourth-order valence-corrected chi connectivity index (χ4v) is 4.49. The number of ether oxygens (including phenoxy) is 3. The van der Waals surface area contributed by atoms with E-state index in [9.17, 15) is 15.0 Å². The Balaban J connectivity index is 1.58. The summed E-state index contributed by atoms with van der Waals surface area (Å²) in [6.45, 7) is 5.46. The SMILES string of the molecule is COc1cc(C(=O)CCC(C)(O)c2cc3c(c(-c4ccc(Cl)cc4)n2)OCC3(C)N)ccc1CO[C@@H](C)O. The van der Waals surface area contributed by atoms with Crippen molar-refractivity contribution < 1.29 is 29.2 Å². The van der Waals surface area contributed by atoms with Gasteiger partial charge in [0.05, 0.1) is 24.9 Å². The Morgan fingerprint density at radius 1 is 1.26 bits per heavy atom. The maximum atomic E-state index is 13.1. The number of hydrogen-bond donors (Lipinski definition) is 3. The molecule has 1 aromatic heterocycles. The molecule has 1 aliphatic heterocycles. The molecule has 0 radical (unpaired) electrons. The predicted molar refractivity (Wildman–Crippen MR) is 144 cm³/mol. The number of benzene rings is 2. The van der Waals surface area contributed by atoms with Crippen molar-refractivity contribution in [3.63, 3.8) is 0 Å². The largest absolute Gasteiger partial charge is 0.496 e. The highest BCUT2D eigenvalue weighted by Gasteiger charge is 2.38. The van der Waals surface area contributed by atoms with E-state index in [-0.39, 0.29) is 31.8 Å². The zero-order valence-corrected chi connectivity index (χ0v) is 22.7. The van der Waals surface area contributed by atoms with E-state index >= 15 is 0 Å². The number of Topliss-reactive ketones (excluding diaryl/α,β-unsaturated/α-hetero) is 1. The number of methoxy groups -OCH3 is 1. The number of halogens is 1. The van der Waals surface area contributed by atoms with Crippen molar-refractivity contribution in [2.75, 3.05) is 13.7 Å². The van der Waals surface area contributed by atoms with Crippen LogP contribution in [0, 0.1) is 0 Å². The van der Waals surface area contributed by atoms with E-state index in [1.54, 1.807) is 43.3 Å². The number of fused-ring (bicyclic) bond motifs is 1. The molecule has 2 heterocycles. The van der Waals surface area contributed by atoms with Crippen molar-refractivity contribution in [3.8, 4) is 22.8 Å². The highest BCUT2D eigenvalue weighted by Crippen LogP contribution is 2.44. The quantitative estimate of drug-likeness (QED) is 0.250. The average molecular weight is 541 g/mol. The summed E-state index contributed by atoms with van der Waals surface area (Å²) < 4.78 is 16.6. The summed E-state index contributed by atoms with van der Waals surface area (Å²) in [5.74, 6) is 0.913. The highest BCUT2D eigenvalue weighted by molar-refractivity contribution is 6.30. The molecule has 0 bridgehead atoms. The van der Waals surface area contributed by atoms with Crippen LogP contribution in [0.2, 0.25) is 5.02 Å². The Bertz CT molecular complexity index is 1320. The molecule has 2 aromatic carbocycles. The van der Waals surface area contributed by atoms with Crippen LogP contribution < -0.4 is 15.2 Å². The van der Waals surface area contributed by atoms with Gasteiger partial charge < -0.3 is 30.2 Å². The summed E-state index contributed by atoms with van der Waals surface area (Å²) >= 11 is 6.08. The lowest BCUT2D eigenvalue weighted by Gasteiger charge is -2.25. The number of pyridine rings is 1. The number of rotatable bonds is 10. The molecule has 9 heteroatoms. The maximum Gasteiger partial charge on any atom is 0.163 e. The third kappa shape index (κ3) is 6.00. The molecule has 0 saturated heterocycles. The van der Waals surface area contributed by atoms with E-state index in [1.165, 1.54) is 14.0 Å². The third-order valence-corrected chi connectivity index (χ3v) is 6.95. The molecule has 2 unspecified atom stereocenters. The van der Waals surface area contributed by atoms with Gasteiger partial charge in [0, 0.05) is 33.7 Å². The lowest BCUT2D eigenvalue weighted by atomic mass is 9.88. The normalized spacial score (nSPS) is 18.8. The van der Waals surface area contributed by atoms with E-state index in [0.29, 0.717) is 39.0 Å². The smallest absolute Gasteiger partial charge is 0.163 e. The van der Waals surface area contributed by atoms with Crippen LogP contribution in [0.3, 0.4) is 0 Å². The lowest BCUT2D eigenvalue weighted by molar-refractivity contribution is -0.0942. The molecule has 0 amide bonds. The van der Waals surface area contributed by atoms with Gasteiger partial charge in [-0.05, 0) is 51.5 Å². The maximum absolute atomic E-state index is 13.1. The summed E-state index contributed by atoms with van der Waals surface area (Å²) in [6.07, 6.45) is -0.708. The van der Waals surface area contributed by atoms with Crippen LogP contribution in [-0.2, 0) is 22.5 Å². The second-order valence-electron chi connectivity index (χ2n) is 10.1. The molecule has 8 nitrogen and oxygen atoms in total. The van der Waals surface area contributed by atoms with Crippen LogP contribution in [0.15, 0.2) is 48.5 Å². The number of aliphatic hydroxyl groups is 2. The molecule has 4 N–H and O–H groups in total. The van der Waals surface area contributed by atoms with Gasteiger partial charge in [0.15, 0.2) is 17.8 Å². The van der Waals surface area contributed by atoms with Crippen LogP contribution in [0.4, 0.5) is 0 Å². The summed E-state index contributed by atoms with van der Waals surface area (Å²) in [7, 11) is 1.51. The van der Waals surface area contributed by atoms with Crippen molar-refractivity contribution >= 4 is 17.4 Å². The molecule has 0 aliphatic carbocycles. The first kappa shape index (κ1) is 28.0. The summed E-state index contributed by atoms with van der Waals surface area (Å²) in [6, 6.07) is 14.0. The molecular formula is C29H33ClN2O6. The number of aromatic nitrogens is 1. The standard InChI is InChI=1S/C29H33ClN2O6/c1-17(33)37-15-20-6-5-19(13-24(20)36-4)23(34)11-12-29(3,35)25-14-22-27(38-16-28(22,2)31)26(32-25)18-7-9-21(30)10-8-18/h5-10,13-14,17,33,35H,11-12,15-16,31H2,1-4H3/t17-,28?,29?/m0/s1. The first-order chi connectivity index (χ1) is 17.9. The fourth-order valence-electron chi connectivity index (χ4n) is 4.36. The van der Waals surface area contributed by atoms with Crippen molar-refractivity contribution in [1.29, 1.82) is 0 Å². The van der Waals surface area contributed by atoms with Gasteiger partial charge in [-0.25, -0.2) is 4.98 Å². The van der Waals surface area contributed by atoms with Crippen LogP contribution in [0.5, 0.6) is 11.5 Å². The molecule has 202 valence electrons. The molecule has 0 fully saturated rings. The fraction of sp³-hybridized carbons (Fsp3) is 0.379. The highest BCUT2D eigenvalue weighted by atomic mass is 35.5. The Morgan fingerprint density at radius 2 is 1.97 bits per heavy atom. The zero-order chi connectivity index (χ0) is 27.7. The monoisotopic (exact) mass is 540 g/mol. The van der Waals surface area contributed by atoms with Gasteiger partial charge in [-0.2, -0.15) is 0 Å². The summed E-state index contributed by atoms with van der Waals surface area (Å²) in [4.78, 5) is 17.8. The molecule has 4 rings (SSSR count). The Kier molecular flexibility index (Phi) is 8.11. The number of ketones is 1. The molecule has 0 saturated carbocycles. The van der Waals surface area contributed by atoms with Crippen molar-refractivity contribution in [1.82, 2.24) is 4.98 Å². The number of carbonyl (C=O) groups excluding carboxylic acids is 1. The number of carbonyl (C=O) groups is 1. The van der Waals surface area contributed by atoms with E-state index in [0.717, 1.165) is 11.1 Å². The van der Waals surface area contributed by atoms with Crippen molar-refractivity contribution in [3.05, 3.63) is 75.9 Å². The number of nitrogens with two attached hydrogens (primary N) is 1. The van der Waals surface area contributed by atoms with Crippen molar-refractivity contribution in [2.24, 2.45) is 5.73 Å². The van der Waals surface area contributed by atoms with E-state index in [2.05, 4.69) is 0 Å². The molecule has 1 aliphatic rings. The summed E-state index contributed by atoms with van der Waals surface area (Å²) in [5, 5.41) is 21.4. The molecular weight excluding hydrogens is 508 g/mol. The van der Waals surface area contributed by atoms with Crippen LogP contribution in [0.1, 0.15) is 60.8 Å². The van der Waals surface area contributed by atoms with Crippen molar-refractivity contribution in [2.45, 2.75) is 57.6 Å². The third-order valence-electron chi connectivity index (χ3n) is 6.70. The van der Waals surface area contributed by atoms with Crippen LogP contribution >= 0.6 is 11.6 Å². The van der Waals surface area contributed by atoms with Crippen LogP contribution in [0.25, 0.3) is 11.3 Å². The van der Waals surface area contributed by atoms with E-state index in [4.69, 9.17) is 36.5 Å². The van der Waals surface area contributed by atoms with Gasteiger partial charge in [0.1, 0.15) is 23.7 Å². The lowest BCUT2D eigenvalue weighted by Crippen LogP contribution is -2.35. The second-order valence-corrected chi connectivity index (χ2v) is 10.5. The number of nitrogens with zero attached hydrogens (tertiary/aromatic N) is 1. The Morgan fingerprint density at radius 3 is 2.63 bits per heavy atom. The van der Waals surface area contributed by atoms with E-state index < -0.39 is 17.4 Å². The zero-order valence-electron chi connectivity index (χ0n) is 22.0. The molecule has 3 aromatic rings. The Labute approximate surface area is 227 Å². The molecule has 3 atom stereocenters. The number of hydrogen-bond acceptors (Lipinski definition) is 8. The second kappa shape index (κ2) is 11.0. The van der Waals surface area contributed by atoms with Gasteiger partial charge in [0.25, 0.3) is 0 Å². The first-order valence-electron chi connectivity index (χ1n) is 12.4. The topological polar surface area (TPSA) is 124 Å². The van der Waals surface area contributed by atoms with Gasteiger partial charge in [-0.1, -0.05) is 35.9 Å². The van der Waals surface area contributed by atoms with Crippen LogP contribution in [-0.4, -0.2) is 41.0 Å². The molecule has 38 heavy (non-hydrogen) atoms. The van der Waals surface area contributed by atoms with Gasteiger partial charge >= 0.3 is 0 Å².